The summed E-state index contributed by atoms with van der Waals surface area (Å²) >= 11 is 0. The number of fused-ring (bicyclic) bond motifs is 2. The molecule has 10 aromatic carbocycles. The SMILES string of the molecule is CP(C)(=O)c1c2ccccc2c(-c2ccc(C3(c4ccc(-c5nc(-c6ccc(-c7ccccc7-c7ccccc7)cc6)nc(-c6cccc(-c7ccccc7)c6)n5)cc4)C4CC5CC(C4)CC3C5)cc2)c2ccccc12. The Bertz CT molecular complexity index is 3950. The predicted octanol–water partition coefficient (Wildman–Crippen LogP) is 17.8. The van der Waals surface area contributed by atoms with Crippen molar-refractivity contribution in [2.75, 3.05) is 13.3 Å². The molecule has 0 atom stereocenters. The van der Waals surface area contributed by atoms with Crippen molar-refractivity contribution in [3.63, 3.8) is 0 Å². The predicted molar refractivity (Wildman–Crippen MR) is 316 cm³/mol. The lowest BCUT2D eigenvalue weighted by atomic mass is 9.42. The number of aromatic nitrogens is 3. The second kappa shape index (κ2) is 18.7. The van der Waals surface area contributed by atoms with Gasteiger partial charge in [-0.15, -0.1) is 0 Å². The average molecular weight is 1000 g/mol. The molecule has 4 bridgehead atoms. The maximum Gasteiger partial charge on any atom is 0.164 e. The van der Waals surface area contributed by atoms with Crippen molar-refractivity contribution in [2.24, 2.45) is 23.7 Å². The summed E-state index contributed by atoms with van der Waals surface area (Å²) in [5.41, 5.74) is 15.0. The van der Waals surface area contributed by atoms with Crippen LogP contribution < -0.4 is 5.30 Å². The van der Waals surface area contributed by atoms with Gasteiger partial charge < -0.3 is 4.57 Å². The van der Waals surface area contributed by atoms with Gasteiger partial charge in [0.05, 0.1) is 0 Å². The molecule has 1 heterocycles. The number of nitrogens with zero attached hydrogens (tertiary/aromatic N) is 3. The van der Waals surface area contributed by atoms with Crippen LogP contribution in [-0.2, 0) is 9.98 Å². The Kier molecular flexibility index (Phi) is 11.4. The van der Waals surface area contributed by atoms with Crippen LogP contribution >= 0.6 is 7.14 Å². The third-order valence-electron chi connectivity index (χ3n) is 17.5. The molecule has 76 heavy (non-hydrogen) atoms. The lowest BCUT2D eigenvalue weighted by molar-refractivity contribution is -0.0418. The highest BCUT2D eigenvalue weighted by molar-refractivity contribution is 7.71. The standard InChI is InChI=1S/C71H58N3OP/c1-76(2,75)67-64-26-13-11-24-62(64)66(63-25-12-14-27-65(63)67)51-32-36-56(37-33-51)71(58-41-46-40-47(43-58)44-59(71)42-46)57-38-34-53(35-39-57)69-72-68(73-70(74-69)55-21-15-20-54(45-55)48-16-5-3-6-17-48)52-30-28-50(29-31-52)61-23-10-9-22-60(61)49-18-7-4-8-19-49/h3-39,45-47,58-59H,40-44H2,1-2H3. The smallest absolute Gasteiger partial charge is 0.164 e. The Balaban J connectivity index is 0.869. The molecule has 11 aromatic rings. The molecule has 0 unspecified atom stereocenters. The normalized spacial score (nSPS) is 19.8. The maximum atomic E-state index is 14.0. The first-order valence-corrected chi connectivity index (χ1v) is 29.7. The summed E-state index contributed by atoms with van der Waals surface area (Å²) in [5, 5.41) is 5.46. The van der Waals surface area contributed by atoms with Gasteiger partial charge in [0.25, 0.3) is 0 Å². The third-order valence-corrected chi connectivity index (χ3v) is 19.0. The molecule has 4 aliphatic rings. The van der Waals surface area contributed by atoms with E-state index < -0.39 is 7.14 Å². The van der Waals surface area contributed by atoms with E-state index in [2.05, 4.69) is 231 Å². The highest BCUT2D eigenvalue weighted by Gasteiger charge is 2.58. The van der Waals surface area contributed by atoms with Crippen molar-refractivity contribution in [1.82, 2.24) is 15.0 Å². The Labute approximate surface area is 446 Å². The summed E-state index contributed by atoms with van der Waals surface area (Å²) in [5.74, 6) is 4.71. The summed E-state index contributed by atoms with van der Waals surface area (Å²) in [6, 6.07) is 83.2. The Hall–Kier alpha value is -8.04. The second-order valence-corrected chi connectivity index (χ2v) is 25.4. The van der Waals surface area contributed by atoms with Gasteiger partial charge in [-0.05, 0) is 152 Å². The summed E-state index contributed by atoms with van der Waals surface area (Å²) in [7, 11) is -2.60. The minimum atomic E-state index is -2.60. The third kappa shape index (κ3) is 7.96. The molecular formula is C71H58N3OP. The lowest BCUT2D eigenvalue weighted by Gasteiger charge is -2.62. The van der Waals surface area contributed by atoms with Gasteiger partial charge in [-0.3, -0.25) is 0 Å². The molecule has 4 aliphatic carbocycles. The van der Waals surface area contributed by atoms with Gasteiger partial charge in [0, 0.05) is 27.4 Å². The molecule has 0 N–H and O–H groups in total. The second-order valence-electron chi connectivity index (χ2n) is 22.2. The highest BCUT2D eigenvalue weighted by Crippen LogP contribution is 2.65. The van der Waals surface area contributed by atoms with E-state index in [1.807, 2.05) is 13.3 Å². The van der Waals surface area contributed by atoms with Crippen LogP contribution in [0.5, 0.6) is 0 Å². The first-order valence-electron chi connectivity index (χ1n) is 27.1. The van der Waals surface area contributed by atoms with Crippen LogP contribution in [0.3, 0.4) is 0 Å². The largest absolute Gasteiger partial charge is 0.319 e. The monoisotopic (exact) mass is 999 g/mol. The minimum Gasteiger partial charge on any atom is -0.319 e. The fraction of sp³-hybridized carbons (Fsp3) is 0.169. The fourth-order valence-corrected chi connectivity index (χ4v) is 16.0. The van der Waals surface area contributed by atoms with Crippen molar-refractivity contribution >= 4 is 34.0 Å². The molecule has 1 aromatic heterocycles. The molecule has 4 nitrogen and oxygen atoms in total. The van der Waals surface area contributed by atoms with E-state index in [4.69, 9.17) is 15.0 Å². The zero-order valence-electron chi connectivity index (χ0n) is 43.0. The summed E-state index contributed by atoms with van der Waals surface area (Å²) in [4.78, 5) is 15.8. The van der Waals surface area contributed by atoms with Crippen LogP contribution in [0.2, 0.25) is 0 Å². The first kappa shape index (κ1) is 46.5. The van der Waals surface area contributed by atoms with Gasteiger partial charge in [-0.25, -0.2) is 15.0 Å². The van der Waals surface area contributed by atoms with Crippen LogP contribution in [0.1, 0.15) is 43.2 Å². The van der Waals surface area contributed by atoms with E-state index in [0.29, 0.717) is 29.3 Å². The van der Waals surface area contributed by atoms with Crippen LogP contribution in [0.4, 0.5) is 0 Å². The van der Waals surface area contributed by atoms with Crippen molar-refractivity contribution in [3.05, 3.63) is 242 Å². The molecule has 0 amide bonds. The molecule has 0 radical (unpaired) electrons. The van der Waals surface area contributed by atoms with Crippen molar-refractivity contribution in [3.8, 4) is 78.7 Å². The fourth-order valence-electron chi connectivity index (χ4n) is 14.5. The number of hydrogen-bond donors (Lipinski definition) is 0. The zero-order valence-corrected chi connectivity index (χ0v) is 43.9. The Morgan fingerprint density at radius 1 is 0.355 bits per heavy atom. The lowest BCUT2D eigenvalue weighted by Crippen LogP contribution is -2.56. The van der Waals surface area contributed by atoms with Gasteiger partial charge in [0.2, 0.25) is 0 Å². The van der Waals surface area contributed by atoms with Gasteiger partial charge >= 0.3 is 0 Å². The van der Waals surface area contributed by atoms with Gasteiger partial charge in [0.1, 0.15) is 7.14 Å². The van der Waals surface area contributed by atoms with Gasteiger partial charge in [-0.2, -0.15) is 0 Å². The summed E-state index contributed by atoms with van der Waals surface area (Å²) in [6.07, 6.45) is 6.50. The van der Waals surface area contributed by atoms with Crippen LogP contribution in [-0.4, -0.2) is 28.3 Å². The summed E-state index contributed by atoms with van der Waals surface area (Å²) in [6.45, 7) is 3.81. The quantitative estimate of drug-likeness (QED) is 0.101. The highest BCUT2D eigenvalue weighted by atomic mass is 31.2. The van der Waals surface area contributed by atoms with Crippen molar-refractivity contribution < 1.29 is 4.57 Å². The van der Waals surface area contributed by atoms with E-state index >= 15 is 0 Å². The van der Waals surface area contributed by atoms with Gasteiger partial charge in [0.15, 0.2) is 17.5 Å². The molecule has 5 heteroatoms. The van der Waals surface area contributed by atoms with Crippen LogP contribution in [0.15, 0.2) is 231 Å². The topological polar surface area (TPSA) is 55.7 Å². The van der Waals surface area contributed by atoms with Crippen molar-refractivity contribution in [2.45, 2.75) is 37.5 Å². The minimum absolute atomic E-state index is 0.107. The number of rotatable bonds is 10. The Morgan fingerprint density at radius 2 is 0.737 bits per heavy atom. The van der Waals surface area contributed by atoms with Crippen LogP contribution in [0.25, 0.3) is 100 Å². The molecule has 0 spiro atoms. The van der Waals surface area contributed by atoms with E-state index in [0.717, 1.165) is 72.1 Å². The van der Waals surface area contributed by atoms with E-state index in [1.54, 1.807) is 0 Å². The van der Waals surface area contributed by atoms with Crippen LogP contribution in [0, 0.1) is 23.7 Å². The van der Waals surface area contributed by atoms with E-state index in [-0.39, 0.29) is 5.41 Å². The molecule has 368 valence electrons. The molecule has 15 rings (SSSR count). The Morgan fingerprint density at radius 3 is 1.25 bits per heavy atom. The van der Waals surface area contributed by atoms with Gasteiger partial charge in [-0.1, -0.05) is 224 Å². The zero-order chi connectivity index (χ0) is 51.0. The maximum absolute atomic E-state index is 14.0. The molecular weight excluding hydrogens is 942 g/mol. The van der Waals surface area contributed by atoms with Crippen molar-refractivity contribution in [1.29, 1.82) is 0 Å². The molecule has 4 saturated carbocycles. The number of benzene rings is 10. The molecule has 0 saturated heterocycles. The first-order chi connectivity index (χ1) is 37.3. The average Bonchev–Trinajstić information content (AvgIpc) is 3.66. The molecule has 0 aliphatic heterocycles. The van der Waals surface area contributed by atoms with E-state index in [9.17, 15) is 4.57 Å². The number of hydrogen-bond acceptors (Lipinski definition) is 4. The summed E-state index contributed by atoms with van der Waals surface area (Å²) < 4.78 is 14.0. The van der Waals surface area contributed by atoms with E-state index in [1.165, 1.54) is 71.0 Å². The molecule has 4 fully saturated rings.